The van der Waals surface area contributed by atoms with Gasteiger partial charge in [-0.15, -0.1) is 6.42 Å². The first-order valence-electron chi connectivity index (χ1n) is 7.77. The van der Waals surface area contributed by atoms with Gasteiger partial charge in [0.05, 0.1) is 5.69 Å². The van der Waals surface area contributed by atoms with Crippen molar-refractivity contribution in [1.82, 2.24) is 0 Å². The second-order valence-corrected chi connectivity index (χ2v) is 7.42. The van der Waals surface area contributed by atoms with Gasteiger partial charge in [0.25, 0.3) is 0 Å². The third kappa shape index (κ3) is 5.47. The highest BCUT2D eigenvalue weighted by Crippen LogP contribution is 2.18. The lowest BCUT2D eigenvalue weighted by atomic mass is 9.90. The van der Waals surface area contributed by atoms with Gasteiger partial charge >= 0.3 is 0 Å². The molecule has 0 aliphatic carbocycles. The van der Waals surface area contributed by atoms with Crippen molar-refractivity contribution >= 4 is 38.9 Å². The molecule has 0 saturated carbocycles. The Kier molecular flexibility index (Phi) is 6.00. The second kappa shape index (κ2) is 8.00. The monoisotopic (exact) mass is 397 g/mol. The van der Waals surface area contributed by atoms with Gasteiger partial charge in [-0.2, -0.15) is 5.10 Å². The quantitative estimate of drug-likeness (QED) is 0.334. The SMILES string of the molecule is C#Cc1ccc(N/C(=N\Nc2ccc(Br)cc2)C(=O)C(C)(C)C)cc1. The third-order valence-electron chi connectivity index (χ3n) is 3.35. The minimum absolute atomic E-state index is 0.0989. The summed E-state index contributed by atoms with van der Waals surface area (Å²) in [6, 6.07) is 14.8. The fraction of sp³-hybridized carbons (Fsp3) is 0.200. The maximum atomic E-state index is 12.7. The largest absolute Gasteiger partial charge is 0.336 e. The molecule has 0 radical (unpaired) electrons. The van der Waals surface area contributed by atoms with E-state index in [1.165, 1.54) is 0 Å². The Bertz CT molecular complexity index is 810. The van der Waals surface area contributed by atoms with E-state index in [0.717, 1.165) is 21.4 Å². The molecular formula is C20H20BrN3O. The summed E-state index contributed by atoms with van der Waals surface area (Å²) in [4.78, 5) is 12.7. The molecule has 0 saturated heterocycles. The van der Waals surface area contributed by atoms with E-state index < -0.39 is 5.41 Å². The molecule has 25 heavy (non-hydrogen) atoms. The molecule has 0 aliphatic heterocycles. The van der Waals surface area contributed by atoms with E-state index in [4.69, 9.17) is 6.42 Å². The molecule has 0 bridgehead atoms. The van der Waals surface area contributed by atoms with Crippen LogP contribution >= 0.6 is 15.9 Å². The van der Waals surface area contributed by atoms with Crippen LogP contribution in [-0.4, -0.2) is 11.6 Å². The number of nitrogens with one attached hydrogen (secondary N) is 2. The Balaban J connectivity index is 2.25. The van der Waals surface area contributed by atoms with Crippen LogP contribution in [0.2, 0.25) is 0 Å². The van der Waals surface area contributed by atoms with Gasteiger partial charge in [0.2, 0.25) is 5.78 Å². The van der Waals surface area contributed by atoms with Crippen molar-refractivity contribution in [2.45, 2.75) is 20.8 Å². The molecule has 0 unspecified atom stereocenters. The van der Waals surface area contributed by atoms with Crippen LogP contribution in [0.15, 0.2) is 58.1 Å². The Labute approximate surface area is 156 Å². The smallest absolute Gasteiger partial charge is 0.205 e. The first-order valence-corrected chi connectivity index (χ1v) is 8.56. The standard InChI is InChI=1S/C20H20BrN3O/c1-5-14-6-10-16(11-7-14)22-19(18(25)20(2,3)4)24-23-17-12-8-15(21)9-13-17/h1,6-13,23H,2-4H3,(H,22,24). The van der Waals surface area contributed by atoms with Crippen LogP contribution in [0.3, 0.4) is 0 Å². The lowest BCUT2D eigenvalue weighted by molar-refractivity contribution is -0.119. The van der Waals surface area contributed by atoms with Gasteiger partial charge in [0.15, 0.2) is 5.84 Å². The Hall–Kier alpha value is -2.58. The number of hydrazone groups is 1. The van der Waals surface area contributed by atoms with Crippen molar-refractivity contribution in [1.29, 1.82) is 0 Å². The van der Waals surface area contributed by atoms with E-state index in [1.807, 2.05) is 69.3 Å². The van der Waals surface area contributed by atoms with E-state index in [0.29, 0.717) is 0 Å². The number of carbonyl (C=O) groups is 1. The molecule has 4 nitrogen and oxygen atoms in total. The molecule has 128 valence electrons. The number of benzene rings is 2. The average Bonchev–Trinajstić information content (AvgIpc) is 2.59. The molecule has 0 spiro atoms. The molecule has 0 fully saturated rings. The number of hydrogen-bond donors (Lipinski definition) is 2. The van der Waals surface area contributed by atoms with Crippen molar-refractivity contribution < 1.29 is 4.79 Å². The average molecular weight is 398 g/mol. The summed E-state index contributed by atoms with van der Waals surface area (Å²) < 4.78 is 0.972. The van der Waals surface area contributed by atoms with Crippen molar-refractivity contribution in [3.05, 3.63) is 58.6 Å². The van der Waals surface area contributed by atoms with Crippen LogP contribution in [0.5, 0.6) is 0 Å². The van der Waals surface area contributed by atoms with Gasteiger partial charge in [0, 0.05) is 21.1 Å². The highest BCUT2D eigenvalue weighted by Gasteiger charge is 2.27. The van der Waals surface area contributed by atoms with Crippen molar-refractivity contribution in [3.8, 4) is 12.3 Å². The van der Waals surface area contributed by atoms with E-state index in [2.05, 4.69) is 37.7 Å². The van der Waals surface area contributed by atoms with Gasteiger partial charge in [-0.25, -0.2) is 0 Å². The maximum Gasteiger partial charge on any atom is 0.205 e. The van der Waals surface area contributed by atoms with Gasteiger partial charge in [-0.05, 0) is 48.5 Å². The molecule has 2 aromatic rings. The molecule has 2 N–H and O–H groups in total. The van der Waals surface area contributed by atoms with Gasteiger partial charge in [0.1, 0.15) is 0 Å². The van der Waals surface area contributed by atoms with Crippen molar-refractivity contribution in [2.24, 2.45) is 10.5 Å². The number of carbonyl (C=O) groups excluding carboxylic acids is 1. The highest BCUT2D eigenvalue weighted by molar-refractivity contribution is 9.10. The first kappa shape index (κ1) is 18.8. The van der Waals surface area contributed by atoms with Crippen LogP contribution in [0.1, 0.15) is 26.3 Å². The number of halogens is 1. The van der Waals surface area contributed by atoms with Gasteiger partial charge < -0.3 is 5.32 Å². The second-order valence-electron chi connectivity index (χ2n) is 6.50. The van der Waals surface area contributed by atoms with Crippen LogP contribution in [0.4, 0.5) is 11.4 Å². The summed E-state index contributed by atoms with van der Waals surface area (Å²) in [7, 11) is 0. The number of nitrogens with zero attached hydrogens (tertiary/aromatic N) is 1. The fourth-order valence-electron chi connectivity index (χ4n) is 1.92. The van der Waals surface area contributed by atoms with Gasteiger partial charge in [-0.3, -0.25) is 10.2 Å². The Morgan fingerprint density at radius 1 is 1.04 bits per heavy atom. The zero-order valence-electron chi connectivity index (χ0n) is 14.4. The van der Waals surface area contributed by atoms with E-state index >= 15 is 0 Å². The number of amidine groups is 1. The maximum absolute atomic E-state index is 12.7. The summed E-state index contributed by atoms with van der Waals surface area (Å²) in [5.74, 6) is 2.71. The van der Waals surface area contributed by atoms with Crippen molar-refractivity contribution in [3.63, 3.8) is 0 Å². The fourth-order valence-corrected chi connectivity index (χ4v) is 2.19. The predicted molar refractivity (Wildman–Crippen MR) is 108 cm³/mol. The van der Waals surface area contributed by atoms with E-state index in [9.17, 15) is 4.79 Å². The number of rotatable bonds is 4. The minimum atomic E-state index is -0.564. The normalized spacial score (nSPS) is 11.6. The first-order chi connectivity index (χ1) is 11.8. The van der Waals surface area contributed by atoms with Crippen LogP contribution in [0, 0.1) is 17.8 Å². The Morgan fingerprint density at radius 3 is 2.12 bits per heavy atom. The number of hydrogen-bond acceptors (Lipinski definition) is 3. The summed E-state index contributed by atoms with van der Waals surface area (Å²) >= 11 is 3.39. The topological polar surface area (TPSA) is 53.5 Å². The van der Waals surface area contributed by atoms with Crippen LogP contribution in [0.25, 0.3) is 0 Å². The van der Waals surface area contributed by atoms with Gasteiger partial charge in [-0.1, -0.05) is 42.6 Å². The highest BCUT2D eigenvalue weighted by atomic mass is 79.9. The number of anilines is 2. The number of ketones is 1. The Morgan fingerprint density at radius 2 is 1.60 bits per heavy atom. The van der Waals surface area contributed by atoms with E-state index in [-0.39, 0.29) is 11.6 Å². The molecule has 0 heterocycles. The lowest BCUT2D eigenvalue weighted by Gasteiger charge is -2.19. The van der Waals surface area contributed by atoms with Crippen LogP contribution in [-0.2, 0) is 4.79 Å². The molecule has 2 aromatic carbocycles. The lowest BCUT2D eigenvalue weighted by Crippen LogP contribution is -2.34. The summed E-state index contributed by atoms with van der Waals surface area (Å²) in [6.07, 6.45) is 5.37. The zero-order chi connectivity index (χ0) is 18.4. The number of Topliss-reactive ketones (excluding diaryl/α,β-unsaturated/α-hetero) is 1. The van der Waals surface area contributed by atoms with E-state index in [1.54, 1.807) is 0 Å². The minimum Gasteiger partial charge on any atom is -0.336 e. The predicted octanol–water partition coefficient (Wildman–Crippen LogP) is 4.88. The molecular weight excluding hydrogens is 378 g/mol. The number of terminal acetylenes is 1. The van der Waals surface area contributed by atoms with Crippen molar-refractivity contribution in [2.75, 3.05) is 10.7 Å². The van der Waals surface area contributed by atoms with Crippen LogP contribution < -0.4 is 10.7 Å². The molecule has 0 aromatic heterocycles. The summed E-state index contributed by atoms with van der Waals surface area (Å²) in [5, 5.41) is 7.36. The molecule has 0 atom stereocenters. The zero-order valence-corrected chi connectivity index (χ0v) is 16.0. The third-order valence-corrected chi connectivity index (χ3v) is 3.88. The molecule has 0 amide bonds. The summed E-state index contributed by atoms with van der Waals surface area (Å²) in [6.45, 7) is 5.56. The summed E-state index contributed by atoms with van der Waals surface area (Å²) in [5.41, 5.74) is 4.66. The molecule has 2 rings (SSSR count). The molecule has 5 heteroatoms. The molecule has 0 aliphatic rings.